The molecule has 1 aromatic carbocycles. The fourth-order valence-corrected chi connectivity index (χ4v) is 2.19. The monoisotopic (exact) mass is 286 g/mol. The summed E-state index contributed by atoms with van der Waals surface area (Å²) in [5.74, 6) is 0.0400. The van der Waals surface area contributed by atoms with Gasteiger partial charge in [0.2, 0.25) is 5.91 Å². The fraction of sp³-hybridized carbons (Fsp3) is 0.353. The largest absolute Gasteiger partial charge is 0.385 e. The average Bonchev–Trinajstić information content (AvgIpc) is 2.92. The minimum absolute atomic E-state index is 0.0400. The van der Waals surface area contributed by atoms with Crippen molar-refractivity contribution in [3.8, 4) is 5.69 Å². The smallest absolute Gasteiger partial charge is 0.225 e. The number of nitrogens with zero attached hydrogens (tertiary/aromatic N) is 1. The van der Waals surface area contributed by atoms with Gasteiger partial charge in [-0.2, -0.15) is 0 Å². The van der Waals surface area contributed by atoms with E-state index in [0.29, 0.717) is 19.6 Å². The highest BCUT2D eigenvalue weighted by molar-refractivity contribution is 5.78. The fourth-order valence-electron chi connectivity index (χ4n) is 2.19. The number of rotatable bonds is 7. The molecule has 0 atom stereocenters. The van der Waals surface area contributed by atoms with Crippen LogP contribution in [0.15, 0.2) is 42.6 Å². The van der Waals surface area contributed by atoms with E-state index >= 15 is 0 Å². The van der Waals surface area contributed by atoms with Gasteiger partial charge in [0.05, 0.1) is 6.42 Å². The summed E-state index contributed by atoms with van der Waals surface area (Å²) in [6.07, 6.45) is 3.20. The first-order valence-corrected chi connectivity index (χ1v) is 7.19. The van der Waals surface area contributed by atoms with Crippen LogP contribution in [0, 0.1) is 6.92 Å². The van der Waals surface area contributed by atoms with E-state index in [-0.39, 0.29) is 5.91 Å². The Bertz CT molecular complexity index is 573. The van der Waals surface area contributed by atoms with Crippen LogP contribution in [0.25, 0.3) is 5.69 Å². The molecule has 0 radical (unpaired) electrons. The number of carbonyl (C=O) groups is 1. The van der Waals surface area contributed by atoms with Gasteiger partial charge in [0.15, 0.2) is 0 Å². The lowest BCUT2D eigenvalue weighted by atomic mass is 10.2. The normalized spacial score (nSPS) is 10.6. The number of hydrogen-bond donors (Lipinski definition) is 1. The Morgan fingerprint density at radius 2 is 2.00 bits per heavy atom. The van der Waals surface area contributed by atoms with Gasteiger partial charge < -0.3 is 14.6 Å². The highest BCUT2D eigenvalue weighted by atomic mass is 16.5. The van der Waals surface area contributed by atoms with Gasteiger partial charge in [-0.3, -0.25) is 4.79 Å². The Balaban J connectivity index is 1.97. The minimum atomic E-state index is 0.0400. The van der Waals surface area contributed by atoms with Crippen molar-refractivity contribution in [1.82, 2.24) is 9.88 Å². The first kappa shape index (κ1) is 15.3. The lowest BCUT2D eigenvalue weighted by Crippen LogP contribution is -2.27. The topological polar surface area (TPSA) is 43.3 Å². The van der Waals surface area contributed by atoms with Gasteiger partial charge in [0.25, 0.3) is 0 Å². The molecule has 0 bridgehead atoms. The Labute approximate surface area is 125 Å². The summed E-state index contributed by atoms with van der Waals surface area (Å²) in [4.78, 5) is 11.9. The molecule has 0 aliphatic rings. The summed E-state index contributed by atoms with van der Waals surface area (Å²) in [5, 5.41) is 2.91. The number of nitrogens with one attached hydrogen (secondary N) is 1. The van der Waals surface area contributed by atoms with Crippen molar-refractivity contribution in [2.24, 2.45) is 0 Å². The van der Waals surface area contributed by atoms with E-state index in [2.05, 4.69) is 36.5 Å². The zero-order chi connectivity index (χ0) is 15.1. The Hall–Kier alpha value is -2.07. The molecule has 2 aromatic rings. The van der Waals surface area contributed by atoms with Crippen LogP contribution >= 0.6 is 0 Å². The van der Waals surface area contributed by atoms with E-state index < -0.39 is 0 Å². The maximum Gasteiger partial charge on any atom is 0.225 e. The molecule has 2 rings (SSSR count). The van der Waals surface area contributed by atoms with E-state index in [1.165, 1.54) is 5.56 Å². The van der Waals surface area contributed by atoms with E-state index in [0.717, 1.165) is 17.8 Å². The molecular formula is C17H22N2O2. The third-order valence-corrected chi connectivity index (χ3v) is 3.33. The van der Waals surface area contributed by atoms with Gasteiger partial charge in [-0.1, -0.05) is 17.7 Å². The molecule has 0 saturated carbocycles. The summed E-state index contributed by atoms with van der Waals surface area (Å²) < 4.78 is 7.01. The Morgan fingerprint density at radius 3 is 2.71 bits per heavy atom. The highest BCUT2D eigenvalue weighted by Gasteiger charge is 2.08. The van der Waals surface area contributed by atoms with Gasteiger partial charge in [0, 0.05) is 37.8 Å². The molecule has 21 heavy (non-hydrogen) atoms. The van der Waals surface area contributed by atoms with Crippen molar-refractivity contribution in [3.63, 3.8) is 0 Å². The maximum absolute atomic E-state index is 11.9. The predicted molar refractivity (Wildman–Crippen MR) is 83.7 cm³/mol. The van der Waals surface area contributed by atoms with Crippen LogP contribution in [-0.2, 0) is 16.0 Å². The Kier molecular flexibility index (Phi) is 5.58. The summed E-state index contributed by atoms with van der Waals surface area (Å²) in [6.45, 7) is 3.38. The van der Waals surface area contributed by atoms with Crippen molar-refractivity contribution in [2.45, 2.75) is 19.8 Å². The van der Waals surface area contributed by atoms with E-state index in [1.807, 2.05) is 22.9 Å². The van der Waals surface area contributed by atoms with Crippen LogP contribution < -0.4 is 5.32 Å². The molecule has 0 aliphatic carbocycles. The third kappa shape index (κ3) is 4.46. The summed E-state index contributed by atoms with van der Waals surface area (Å²) in [5.41, 5.74) is 3.29. The molecule has 4 heteroatoms. The zero-order valence-corrected chi connectivity index (χ0v) is 12.6. The molecular weight excluding hydrogens is 264 g/mol. The number of methoxy groups -OCH3 is 1. The molecule has 4 nitrogen and oxygen atoms in total. The quantitative estimate of drug-likeness (QED) is 0.795. The molecule has 1 aromatic heterocycles. The van der Waals surface area contributed by atoms with E-state index in [4.69, 9.17) is 4.74 Å². The lowest BCUT2D eigenvalue weighted by molar-refractivity contribution is -0.120. The third-order valence-electron chi connectivity index (χ3n) is 3.33. The van der Waals surface area contributed by atoms with Gasteiger partial charge in [-0.15, -0.1) is 0 Å². The minimum Gasteiger partial charge on any atom is -0.385 e. The van der Waals surface area contributed by atoms with Gasteiger partial charge in [0.1, 0.15) is 0 Å². The van der Waals surface area contributed by atoms with Crippen molar-refractivity contribution < 1.29 is 9.53 Å². The molecule has 0 saturated heterocycles. The number of benzene rings is 1. The maximum atomic E-state index is 11.9. The number of aromatic nitrogens is 1. The van der Waals surface area contributed by atoms with Gasteiger partial charge >= 0.3 is 0 Å². The molecule has 0 aliphatic heterocycles. The first-order valence-electron chi connectivity index (χ1n) is 7.19. The molecule has 0 spiro atoms. The van der Waals surface area contributed by atoms with Gasteiger partial charge in [-0.25, -0.2) is 0 Å². The number of carbonyl (C=O) groups excluding carboxylic acids is 1. The molecule has 0 unspecified atom stereocenters. The zero-order valence-electron chi connectivity index (χ0n) is 12.6. The second-order valence-electron chi connectivity index (χ2n) is 5.08. The number of hydrogen-bond acceptors (Lipinski definition) is 2. The number of aryl methyl sites for hydroxylation is 1. The van der Waals surface area contributed by atoms with Crippen molar-refractivity contribution in [3.05, 3.63) is 53.9 Å². The van der Waals surface area contributed by atoms with Crippen molar-refractivity contribution >= 4 is 5.91 Å². The van der Waals surface area contributed by atoms with Crippen LogP contribution in [0.2, 0.25) is 0 Å². The molecule has 1 amide bonds. The van der Waals surface area contributed by atoms with Crippen LogP contribution in [-0.4, -0.2) is 30.7 Å². The predicted octanol–water partition coefficient (Wildman–Crippen LogP) is 2.48. The lowest BCUT2D eigenvalue weighted by Gasteiger charge is -2.10. The van der Waals surface area contributed by atoms with Gasteiger partial charge in [-0.05, 0) is 37.6 Å². The summed E-state index contributed by atoms with van der Waals surface area (Å²) in [7, 11) is 1.66. The van der Waals surface area contributed by atoms with Crippen LogP contribution in [0.1, 0.15) is 17.7 Å². The first-order chi connectivity index (χ1) is 10.2. The Morgan fingerprint density at radius 1 is 1.24 bits per heavy atom. The highest BCUT2D eigenvalue weighted by Crippen LogP contribution is 2.14. The van der Waals surface area contributed by atoms with E-state index in [9.17, 15) is 4.79 Å². The standard InChI is InChI=1S/C17H22N2O2/c1-14-6-8-15(9-7-14)19-11-3-5-16(19)13-17(20)18-10-4-12-21-2/h3,5-9,11H,4,10,12-13H2,1-2H3,(H,18,20). The van der Waals surface area contributed by atoms with Crippen LogP contribution in [0.3, 0.4) is 0 Å². The molecule has 1 heterocycles. The number of ether oxygens (including phenoxy) is 1. The second-order valence-corrected chi connectivity index (χ2v) is 5.08. The van der Waals surface area contributed by atoms with Crippen molar-refractivity contribution in [1.29, 1.82) is 0 Å². The average molecular weight is 286 g/mol. The van der Waals surface area contributed by atoms with E-state index in [1.54, 1.807) is 7.11 Å². The molecule has 1 N–H and O–H groups in total. The SMILES string of the molecule is COCCCNC(=O)Cc1cccn1-c1ccc(C)cc1. The van der Waals surface area contributed by atoms with Crippen LogP contribution in [0.5, 0.6) is 0 Å². The molecule has 0 fully saturated rings. The molecule has 112 valence electrons. The van der Waals surface area contributed by atoms with Crippen molar-refractivity contribution in [2.75, 3.05) is 20.3 Å². The second kappa shape index (κ2) is 7.64. The summed E-state index contributed by atoms with van der Waals surface area (Å²) in [6, 6.07) is 12.2. The summed E-state index contributed by atoms with van der Waals surface area (Å²) >= 11 is 0. The number of amides is 1. The van der Waals surface area contributed by atoms with Crippen LogP contribution in [0.4, 0.5) is 0 Å².